The zero-order valence-electron chi connectivity index (χ0n) is 21.5. The van der Waals surface area contributed by atoms with Gasteiger partial charge in [0.15, 0.2) is 0 Å². The Morgan fingerprint density at radius 2 is 1.39 bits per heavy atom. The molecule has 2 aliphatic rings. The smallest absolute Gasteiger partial charge is 0.368 e. The Hall–Kier alpha value is -3.04. The Bertz CT molecular complexity index is 1120. The van der Waals surface area contributed by atoms with E-state index in [1.165, 1.54) is 9.80 Å². The highest BCUT2D eigenvalue weighted by Crippen LogP contribution is 2.46. The van der Waals surface area contributed by atoms with Crippen molar-refractivity contribution >= 4 is 25.5 Å². The molecule has 2 saturated heterocycles. The van der Waals surface area contributed by atoms with E-state index in [-0.39, 0.29) is 25.0 Å². The molecule has 3 unspecified atom stereocenters. The maximum atomic E-state index is 13.8. The van der Waals surface area contributed by atoms with E-state index >= 15 is 0 Å². The van der Waals surface area contributed by atoms with Crippen molar-refractivity contribution in [1.82, 2.24) is 14.9 Å². The molecular formula is C27H35N4O6P. The average molecular weight is 543 g/mol. The largest absolute Gasteiger partial charge is 0.406 e. The van der Waals surface area contributed by atoms with Crippen LogP contribution in [0.15, 0.2) is 60.7 Å². The van der Waals surface area contributed by atoms with Crippen molar-refractivity contribution in [3.63, 3.8) is 0 Å². The first kappa shape index (κ1) is 28.0. The van der Waals surface area contributed by atoms with Gasteiger partial charge in [-0.2, -0.15) is 0 Å². The van der Waals surface area contributed by atoms with E-state index in [2.05, 4.69) is 5.09 Å². The number of carbonyl (C=O) groups excluding carboxylic acids is 3. The number of nitrogens with one attached hydrogen (secondary N) is 1. The van der Waals surface area contributed by atoms with Crippen molar-refractivity contribution in [2.45, 2.75) is 63.9 Å². The molecule has 2 aliphatic heterocycles. The molecule has 0 spiro atoms. The number of amides is 3. The van der Waals surface area contributed by atoms with Gasteiger partial charge in [0.05, 0.1) is 19.3 Å². The van der Waals surface area contributed by atoms with Crippen LogP contribution in [0.3, 0.4) is 0 Å². The van der Waals surface area contributed by atoms with Gasteiger partial charge in [0, 0.05) is 13.1 Å². The standard InChI is InChI=1S/C27H35N4O6P/c1-20(26(33)31-17-9-15-24(31)27(34)30-16-8-14-23(30)25(28)32)29-38(35,36-18-21-10-4-2-5-11-21)37-19-22-12-6-3-7-13-22/h2-7,10-13,20,23-24H,8-9,14-19H2,1H3,(H2,28,32)(H,29,35). The molecule has 2 heterocycles. The van der Waals surface area contributed by atoms with Crippen LogP contribution in [0.4, 0.5) is 0 Å². The molecule has 4 rings (SSSR count). The van der Waals surface area contributed by atoms with Gasteiger partial charge in [-0.3, -0.25) is 23.4 Å². The van der Waals surface area contributed by atoms with Crippen LogP contribution >= 0.6 is 7.75 Å². The number of carbonyl (C=O) groups is 3. The van der Waals surface area contributed by atoms with Gasteiger partial charge in [-0.15, -0.1) is 0 Å². The minimum Gasteiger partial charge on any atom is -0.368 e. The van der Waals surface area contributed by atoms with E-state index < -0.39 is 31.8 Å². The Balaban J connectivity index is 1.45. The third-order valence-electron chi connectivity index (χ3n) is 6.90. The molecule has 38 heavy (non-hydrogen) atoms. The number of hydrogen-bond donors (Lipinski definition) is 2. The van der Waals surface area contributed by atoms with Gasteiger partial charge in [0.25, 0.3) is 0 Å². The lowest BCUT2D eigenvalue weighted by Gasteiger charge is -2.32. The maximum absolute atomic E-state index is 13.8. The molecular weight excluding hydrogens is 507 g/mol. The second-order valence-electron chi connectivity index (χ2n) is 9.65. The Labute approximate surface area is 223 Å². The van der Waals surface area contributed by atoms with Crippen LogP contribution < -0.4 is 10.8 Å². The number of likely N-dealkylation sites (tertiary alicyclic amines) is 2. The predicted molar refractivity (Wildman–Crippen MR) is 141 cm³/mol. The summed E-state index contributed by atoms with van der Waals surface area (Å²) >= 11 is 0. The average Bonchev–Trinajstić information content (AvgIpc) is 3.62. The zero-order chi connectivity index (χ0) is 27.1. The van der Waals surface area contributed by atoms with E-state index in [4.69, 9.17) is 14.8 Å². The van der Waals surface area contributed by atoms with Crippen LogP contribution in [0.5, 0.6) is 0 Å². The fraction of sp³-hybridized carbons (Fsp3) is 0.444. The minimum absolute atomic E-state index is 0.0229. The molecule has 2 aromatic rings. The van der Waals surface area contributed by atoms with Crippen LogP contribution in [0.2, 0.25) is 0 Å². The monoisotopic (exact) mass is 542 g/mol. The number of benzene rings is 2. The molecule has 0 saturated carbocycles. The van der Waals surface area contributed by atoms with Crippen molar-refractivity contribution in [1.29, 1.82) is 0 Å². The van der Waals surface area contributed by atoms with Crippen LogP contribution in [-0.4, -0.2) is 58.7 Å². The summed E-state index contributed by atoms with van der Waals surface area (Å²) in [4.78, 5) is 41.6. The van der Waals surface area contributed by atoms with E-state index in [0.717, 1.165) is 11.1 Å². The number of nitrogens with two attached hydrogens (primary N) is 1. The number of rotatable bonds is 11. The van der Waals surface area contributed by atoms with Gasteiger partial charge in [-0.05, 0) is 43.7 Å². The SMILES string of the molecule is CC(NP(=O)(OCc1ccccc1)OCc1ccccc1)C(=O)N1CCCC1C(=O)N1CCCC1C(N)=O. The second kappa shape index (κ2) is 12.7. The van der Waals surface area contributed by atoms with Crippen molar-refractivity contribution in [2.75, 3.05) is 13.1 Å². The summed E-state index contributed by atoms with van der Waals surface area (Å²) in [5.41, 5.74) is 7.10. The van der Waals surface area contributed by atoms with Crippen molar-refractivity contribution in [2.24, 2.45) is 5.73 Å². The summed E-state index contributed by atoms with van der Waals surface area (Å²) < 4.78 is 25.3. The van der Waals surface area contributed by atoms with Gasteiger partial charge >= 0.3 is 7.75 Å². The van der Waals surface area contributed by atoms with E-state index in [9.17, 15) is 18.9 Å². The van der Waals surface area contributed by atoms with Crippen molar-refractivity contribution in [3.05, 3.63) is 71.8 Å². The molecule has 0 bridgehead atoms. The first-order chi connectivity index (χ1) is 18.3. The minimum atomic E-state index is -3.94. The lowest BCUT2D eigenvalue weighted by atomic mass is 10.1. The molecule has 11 heteroatoms. The van der Waals surface area contributed by atoms with Crippen molar-refractivity contribution in [3.8, 4) is 0 Å². The molecule has 204 valence electrons. The van der Waals surface area contributed by atoms with E-state index in [0.29, 0.717) is 38.8 Å². The van der Waals surface area contributed by atoms with Gasteiger partial charge in [-0.25, -0.2) is 9.65 Å². The molecule has 2 fully saturated rings. The summed E-state index contributed by atoms with van der Waals surface area (Å²) in [7, 11) is -3.94. The maximum Gasteiger partial charge on any atom is 0.406 e. The molecule has 0 aromatic heterocycles. The van der Waals surface area contributed by atoms with Crippen LogP contribution in [0, 0.1) is 0 Å². The molecule has 3 N–H and O–H groups in total. The van der Waals surface area contributed by atoms with E-state index in [1.807, 2.05) is 60.7 Å². The van der Waals surface area contributed by atoms with Gasteiger partial charge < -0.3 is 15.5 Å². The highest BCUT2D eigenvalue weighted by Gasteiger charge is 2.43. The Morgan fingerprint density at radius 1 is 0.895 bits per heavy atom. The number of primary amides is 1. The fourth-order valence-electron chi connectivity index (χ4n) is 4.93. The molecule has 0 aliphatic carbocycles. The molecule has 10 nitrogen and oxygen atoms in total. The first-order valence-electron chi connectivity index (χ1n) is 12.9. The van der Waals surface area contributed by atoms with Crippen molar-refractivity contribution < 1.29 is 28.0 Å². The number of hydrogen-bond acceptors (Lipinski definition) is 6. The highest BCUT2D eigenvalue weighted by molar-refractivity contribution is 7.51. The van der Waals surface area contributed by atoms with Gasteiger partial charge in [0.1, 0.15) is 12.1 Å². The summed E-state index contributed by atoms with van der Waals surface area (Å²) in [6.07, 6.45) is 2.36. The lowest BCUT2D eigenvalue weighted by Crippen LogP contribution is -2.54. The normalized spacial score (nSPS) is 20.4. The second-order valence-corrected chi connectivity index (χ2v) is 11.4. The molecule has 2 aromatic carbocycles. The summed E-state index contributed by atoms with van der Waals surface area (Å²) in [5.74, 6) is -1.19. The van der Waals surface area contributed by atoms with Crippen LogP contribution in [0.1, 0.15) is 43.7 Å². The third-order valence-corrected chi connectivity index (χ3v) is 8.54. The zero-order valence-corrected chi connectivity index (χ0v) is 22.4. The highest BCUT2D eigenvalue weighted by atomic mass is 31.2. The van der Waals surface area contributed by atoms with Gasteiger partial charge in [-0.1, -0.05) is 60.7 Å². The van der Waals surface area contributed by atoms with Crippen LogP contribution in [0.25, 0.3) is 0 Å². The molecule has 3 amide bonds. The summed E-state index contributed by atoms with van der Waals surface area (Å²) in [6, 6.07) is 16.2. The van der Waals surface area contributed by atoms with Gasteiger partial charge in [0.2, 0.25) is 17.7 Å². The molecule has 3 atom stereocenters. The summed E-state index contributed by atoms with van der Waals surface area (Å²) in [5, 5.41) is 2.79. The van der Waals surface area contributed by atoms with Crippen LogP contribution in [-0.2, 0) is 41.2 Å². The molecule has 0 radical (unpaired) electrons. The quantitative estimate of drug-likeness (QED) is 0.418. The fourth-order valence-corrected chi connectivity index (χ4v) is 6.37. The summed E-state index contributed by atoms with van der Waals surface area (Å²) in [6.45, 7) is 2.45. The topological polar surface area (TPSA) is 131 Å². The Morgan fingerprint density at radius 3 is 1.92 bits per heavy atom. The third kappa shape index (κ3) is 6.88. The van der Waals surface area contributed by atoms with E-state index in [1.54, 1.807) is 6.92 Å². The predicted octanol–water partition coefficient (Wildman–Crippen LogP) is 2.97. The first-order valence-corrected chi connectivity index (χ1v) is 14.5. The lowest BCUT2D eigenvalue weighted by molar-refractivity contribution is -0.146. The Kier molecular flexibility index (Phi) is 9.33. The number of nitrogens with zero attached hydrogens (tertiary/aromatic N) is 2.